The largest absolute Gasteiger partial charge is 0.453 e. The summed E-state index contributed by atoms with van der Waals surface area (Å²) in [6, 6.07) is 6.86. The Kier molecular flexibility index (Phi) is 5.80. The van der Waals surface area contributed by atoms with Crippen LogP contribution < -0.4 is 10.1 Å². The third-order valence-corrected chi connectivity index (χ3v) is 7.57. The van der Waals surface area contributed by atoms with Crippen LogP contribution in [-0.2, 0) is 6.42 Å². The van der Waals surface area contributed by atoms with Crippen molar-refractivity contribution in [3.8, 4) is 21.4 Å². The molecule has 3 N–H and O–H groups in total. The van der Waals surface area contributed by atoms with Crippen molar-refractivity contribution in [2.24, 2.45) is 0 Å². The maximum Gasteiger partial charge on any atom is 0.253 e. The molecule has 10 heteroatoms. The van der Waals surface area contributed by atoms with E-state index < -0.39 is 11.9 Å². The number of aromatic amines is 1. The molecule has 174 valence electrons. The zero-order valence-electron chi connectivity index (χ0n) is 18.6. The molecule has 0 radical (unpaired) electrons. The van der Waals surface area contributed by atoms with Gasteiger partial charge in [0.1, 0.15) is 10.8 Å². The van der Waals surface area contributed by atoms with Crippen LogP contribution in [0.25, 0.3) is 31.0 Å². The third kappa shape index (κ3) is 3.93. The first-order chi connectivity index (χ1) is 16.4. The molecule has 0 aliphatic heterocycles. The van der Waals surface area contributed by atoms with E-state index in [1.54, 1.807) is 38.2 Å². The number of carbonyl (C=O) groups is 1. The second kappa shape index (κ2) is 8.79. The van der Waals surface area contributed by atoms with Crippen molar-refractivity contribution in [3.63, 3.8) is 0 Å². The van der Waals surface area contributed by atoms with Crippen molar-refractivity contribution in [1.29, 1.82) is 0 Å². The van der Waals surface area contributed by atoms with E-state index in [9.17, 15) is 9.90 Å². The summed E-state index contributed by atoms with van der Waals surface area (Å²) in [5.41, 5.74) is 2.92. The number of aliphatic hydroxyl groups excluding tert-OH is 1. The number of aryl methyl sites for hydroxylation is 1. The van der Waals surface area contributed by atoms with Gasteiger partial charge in [0.05, 0.1) is 37.8 Å². The molecular formula is C24H21FN4O3S2. The molecule has 5 rings (SSSR count). The molecule has 4 aromatic heterocycles. The Balaban J connectivity index is 1.54. The average Bonchev–Trinajstić information content (AvgIpc) is 3.51. The maximum absolute atomic E-state index is 15.5. The first kappa shape index (κ1) is 22.5. The van der Waals surface area contributed by atoms with Gasteiger partial charge in [-0.2, -0.15) is 0 Å². The van der Waals surface area contributed by atoms with Gasteiger partial charge in [0.2, 0.25) is 0 Å². The lowest BCUT2D eigenvalue weighted by Crippen LogP contribution is -2.18. The number of aliphatic hydroxyl groups is 1. The first-order valence-electron chi connectivity index (χ1n) is 10.6. The number of carbonyl (C=O) groups excluding carboxylic acids is 1. The summed E-state index contributed by atoms with van der Waals surface area (Å²) in [6.45, 7) is 3.46. The van der Waals surface area contributed by atoms with E-state index in [2.05, 4.69) is 20.3 Å². The number of halogens is 1. The number of ether oxygens (including phenoxy) is 1. The third-order valence-electron chi connectivity index (χ3n) is 5.37. The summed E-state index contributed by atoms with van der Waals surface area (Å²) in [4.78, 5) is 25.3. The fourth-order valence-electron chi connectivity index (χ4n) is 3.88. The average molecular weight is 497 g/mol. The van der Waals surface area contributed by atoms with E-state index in [1.807, 2.05) is 11.4 Å². The van der Waals surface area contributed by atoms with Gasteiger partial charge >= 0.3 is 0 Å². The molecule has 0 spiro atoms. The number of H-pyrrole nitrogens is 1. The molecule has 1 aromatic carbocycles. The second-order valence-corrected chi connectivity index (χ2v) is 9.85. The first-order valence-corrected chi connectivity index (χ1v) is 12.3. The molecule has 1 atom stereocenters. The van der Waals surface area contributed by atoms with Gasteiger partial charge in [-0.1, -0.05) is 0 Å². The molecule has 34 heavy (non-hydrogen) atoms. The SMILES string of the molecule is CNC(=O)c1c(C)[nH]c2ccc(Oc3ccnc4cc(-c5nc(CC(C)O)cs5)sc34)c(F)c12. The van der Waals surface area contributed by atoms with Crippen LogP contribution in [0.3, 0.4) is 0 Å². The molecule has 5 aromatic rings. The van der Waals surface area contributed by atoms with Gasteiger partial charge < -0.3 is 20.1 Å². The van der Waals surface area contributed by atoms with Crippen LogP contribution in [0, 0.1) is 12.7 Å². The van der Waals surface area contributed by atoms with Crippen molar-refractivity contribution in [2.45, 2.75) is 26.4 Å². The Hall–Kier alpha value is -3.34. The molecule has 0 fully saturated rings. The summed E-state index contributed by atoms with van der Waals surface area (Å²) in [7, 11) is 1.51. The summed E-state index contributed by atoms with van der Waals surface area (Å²) in [5, 5.41) is 15.1. The number of hydrogen-bond donors (Lipinski definition) is 3. The predicted molar refractivity (Wildman–Crippen MR) is 133 cm³/mol. The normalized spacial score (nSPS) is 12.4. The molecule has 0 aliphatic carbocycles. The molecular weight excluding hydrogens is 475 g/mol. The molecule has 4 heterocycles. The van der Waals surface area contributed by atoms with E-state index in [0.717, 1.165) is 25.8 Å². The molecule has 0 saturated heterocycles. The van der Waals surface area contributed by atoms with Crippen LogP contribution >= 0.6 is 22.7 Å². The van der Waals surface area contributed by atoms with Crippen LogP contribution in [0.1, 0.15) is 28.7 Å². The number of rotatable bonds is 6. The molecule has 0 aliphatic rings. The summed E-state index contributed by atoms with van der Waals surface area (Å²) < 4.78 is 22.3. The zero-order chi connectivity index (χ0) is 24.0. The second-order valence-electron chi connectivity index (χ2n) is 7.94. The molecule has 1 amide bonds. The molecule has 1 unspecified atom stereocenters. The summed E-state index contributed by atoms with van der Waals surface area (Å²) in [5.74, 6) is -0.487. The highest BCUT2D eigenvalue weighted by atomic mass is 32.1. The Morgan fingerprint density at radius 3 is 2.91 bits per heavy atom. The van der Waals surface area contributed by atoms with Crippen molar-refractivity contribution in [2.75, 3.05) is 7.05 Å². The Morgan fingerprint density at radius 2 is 2.15 bits per heavy atom. The van der Waals surface area contributed by atoms with Crippen LogP contribution in [0.5, 0.6) is 11.5 Å². The lowest BCUT2D eigenvalue weighted by molar-refractivity contribution is 0.0964. The van der Waals surface area contributed by atoms with Crippen LogP contribution in [0.2, 0.25) is 0 Å². The number of thiophene rings is 1. The fourth-order valence-corrected chi connectivity index (χ4v) is 5.84. The van der Waals surface area contributed by atoms with Crippen molar-refractivity contribution in [3.05, 3.63) is 58.6 Å². The van der Waals surface area contributed by atoms with E-state index in [4.69, 9.17) is 4.74 Å². The van der Waals surface area contributed by atoms with Gasteiger partial charge in [0.15, 0.2) is 11.6 Å². The Labute approximate surface area is 202 Å². The quantitative estimate of drug-likeness (QED) is 0.291. The number of nitrogens with one attached hydrogen (secondary N) is 2. The Morgan fingerprint density at radius 1 is 1.32 bits per heavy atom. The van der Waals surface area contributed by atoms with Crippen molar-refractivity contribution < 1.29 is 19.0 Å². The van der Waals surface area contributed by atoms with Crippen LogP contribution in [0.15, 0.2) is 35.8 Å². The minimum absolute atomic E-state index is 0.0209. The van der Waals surface area contributed by atoms with E-state index in [1.165, 1.54) is 29.7 Å². The minimum atomic E-state index is -0.607. The standard InChI is InChI=1S/C24H21FN4O3S2/c1-11(30)8-13-10-33-24(29-13)18-9-15-22(34-18)17(6-7-27-15)32-16-5-4-14-20(21(16)25)19(12(2)28-14)23(31)26-3/h4-7,9-11,28,30H,8H2,1-3H3,(H,26,31). The van der Waals surface area contributed by atoms with Gasteiger partial charge in [0, 0.05) is 42.3 Å². The minimum Gasteiger partial charge on any atom is -0.453 e. The van der Waals surface area contributed by atoms with Gasteiger partial charge in [-0.05, 0) is 32.0 Å². The van der Waals surface area contributed by atoms with Crippen LogP contribution in [0.4, 0.5) is 4.39 Å². The number of hydrogen-bond acceptors (Lipinski definition) is 7. The number of aromatic nitrogens is 3. The topological polar surface area (TPSA) is 100 Å². The van der Waals surface area contributed by atoms with Crippen molar-refractivity contribution >= 4 is 49.7 Å². The number of fused-ring (bicyclic) bond motifs is 2. The van der Waals surface area contributed by atoms with Gasteiger partial charge in [-0.25, -0.2) is 9.37 Å². The number of thiazole rings is 1. The van der Waals surface area contributed by atoms with E-state index in [0.29, 0.717) is 23.4 Å². The van der Waals surface area contributed by atoms with Gasteiger partial charge in [-0.15, -0.1) is 22.7 Å². The molecule has 0 bridgehead atoms. The summed E-state index contributed by atoms with van der Waals surface area (Å²) in [6.07, 6.45) is 1.65. The number of benzene rings is 1. The molecule has 0 saturated carbocycles. The van der Waals surface area contributed by atoms with Crippen molar-refractivity contribution in [1.82, 2.24) is 20.3 Å². The van der Waals surface area contributed by atoms with Crippen LogP contribution in [-0.4, -0.2) is 39.1 Å². The zero-order valence-corrected chi connectivity index (χ0v) is 20.2. The fraction of sp³-hybridized carbons (Fsp3) is 0.208. The highest BCUT2D eigenvalue weighted by Gasteiger charge is 2.22. The van der Waals surface area contributed by atoms with Gasteiger partial charge in [-0.3, -0.25) is 9.78 Å². The lowest BCUT2D eigenvalue weighted by Gasteiger charge is -2.09. The smallest absolute Gasteiger partial charge is 0.253 e. The van der Waals surface area contributed by atoms with E-state index >= 15 is 4.39 Å². The highest BCUT2D eigenvalue weighted by Crippen LogP contribution is 2.41. The summed E-state index contributed by atoms with van der Waals surface area (Å²) >= 11 is 2.96. The lowest BCUT2D eigenvalue weighted by atomic mass is 10.1. The van der Waals surface area contributed by atoms with E-state index in [-0.39, 0.29) is 22.6 Å². The number of nitrogens with zero attached hydrogens (tertiary/aromatic N) is 2. The highest BCUT2D eigenvalue weighted by molar-refractivity contribution is 7.25. The molecule has 7 nitrogen and oxygen atoms in total. The predicted octanol–water partition coefficient (Wildman–Crippen LogP) is 5.42. The Bertz CT molecular complexity index is 1540. The maximum atomic E-state index is 15.5. The number of pyridine rings is 1. The van der Waals surface area contributed by atoms with Gasteiger partial charge in [0.25, 0.3) is 5.91 Å². The monoisotopic (exact) mass is 496 g/mol. The number of amides is 1.